The van der Waals surface area contributed by atoms with Crippen LogP contribution in [-0.2, 0) is 6.42 Å². The molecule has 4 heteroatoms. The van der Waals surface area contributed by atoms with Crippen molar-refractivity contribution in [1.82, 2.24) is 9.78 Å². The molecule has 0 saturated carbocycles. The van der Waals surface area contributed by atoms with Crippen molar-refractivity contribution < 1.29 is 0 Å². The van der Waals surface area contributed by atoms with Crippen molar-refractivity contribution in [3.63, 3.8) is 0 Å². The summed E-state index contributed by atoms with van der Waals surface area (Å²) in [5.74, 6) is 1.09. The van der Waals surface area contributed by atoms with Crippen LogP contribution >= 0.6 is 11.6 Å². The van der Waals surface area contributed by atoms with Gasteiger partial charge in [-0.3, -0.25) is 0 Å². The van der Waals surface area contributed by atoms with Gasteiger partial charge >= 0.3 is 0 Å². The summed E-state index contributed by atoms with van der Waals surface area (Å²) < 4.78 is 2.01. The summed E-state index contributed by atoms with van der Waals surface area (Å²) >= 11 is 6.30. The fraction of sp³-hybridized carbons (Fsp3) is 0.211. The molecule has 1 aromatic heterocycles. The number of nitrogens with one attached hydrogen (secondary N) is 1. The van der Waals surface area contributed by atoms with Crippen LogP contribution in [0.3, 0.4) is 0 Å². The van der Waals surface area contributed by atoms with E-state index in [1.807, 2.05) is 23.7 Å². The summed E-state index contributed by atoms with van der Waals surface area (Å²) in [5.41, 5.74) is 6.88. The maximum Gasteiger partial charge on any atom is 0.133 e. The van der Waals surface area contributed by atoms with E-state index in [1.54, 1.807) is 0 Å². The summed E-state index contributed by atoms with van der Waals surface area (Å²) in [4.78, 5) is 0. The molecule has 1 N–H and O–H groups in total. The van der Waals surface area contributed by atoms with E-state index in [9.17, 15) is 0 Å². The highest BCUT2D eigenvalue weighted by Gasteiger charge is 2.25. The first-order valence-electron chi connectivity index (χ1n) is 7.84. The minimum absolute atomic E-state index is 0.766. The molecule has 0 amide bonds. The molecule has 116 valence electrons. The Labute approximate surface area is 140 Å². The zero-order valence-corrected chi connectivity index (χ0v) is 14.0. The summed E-state index contributed by atoms with van der Waals surface area (Å²) in [6.45, 7) is 5.12. The number of halogens is 1. The SMILES string of the molecule is Cc1ccccc1-c1nn(-c2cccc(Cl)c2C)c2c1CCN2. The van der Waals surface area contributed by atoms with E-state index >= 15 is 0 Å². The first-order chi connectivity index (χ1) is 11.2. The van der Waals surface area contributed by atoms with Crippen LogP contribution in [0.5, 0.6) is 0 Å². The van der Waals surface area contributed by atoms with Crippen molar-refractivity contribution in [3.8, 4) is 16.9 Å². The topological polar surface area (TPSA) is 29.9 Å². The average Bonchev–Trinajstić information content (AvgIpc) is 3.13. The average molecular weight is 324 g/mol. The molecule has 2 aromatic carbocycles. The molecule has 3 aromatic rings. The number of hydrogen-bond acceptors (Lipinski definition) is 2. The second kappa shape index (κ2) is 5.43. The Balaban J connectivity index is 1.96. The molecule has 4 rings (SSSR count). The minimum atomic E-state index is 0.766. The van der Waals surface area contributed by atoms with Crippen molar-refractivity contribution in [1.29, 1.82) is 0 Å². The van der Waals surface area contributed by atoms with Crippen LogP contribution < -0.4 is 5.32 Å². The van der Waals surface area contributed by atoms with Crippen LogP contribution in [0.25, 0.3) is 16.9 Å². The molecule has 0 spiro atoms. The van der Waals surface area contributed by atoms with E-state index in [1.165, 1.54) is 16.7 Å². The highest BCUT2D eigenvalue weighted by atomic mass is 35.5. The lowest BCUT2D eigenvalue weighted by Crippen LogP contribution is -2.06. The summed E-state index contributed by atoms with van der Waals surface area (Å²) in [5, 5.41) is 9.18. The molecule has 0 saturated heterocycles. The van der Waals surface area contributed by atoms with E-state index in [0.29, 0.717) is 0 Å². The molecule has 2 heterocycles. The van der Waals surface area contributed by atoms with Crippen molar-refractivity contribution in [3.05, 3.63) is 64.2 Å². The largest absolute Gasteiger partial charge is 0.369 e. The molecule has 3 nitrogen and oxygen atoms in total. The Morgan fingerprint density at radius 2 is 1.91 bits per heavy atom. The van der Waals surface area contributed by atoms with E-state index in [-0.39, 0.29) is 0 Å². The van der Waals surface area contributed by atoms with Crippen LogP contribution in [0.2, 0.25) is 5.02 Å². The van der Waals surface area contributed by atoms with Gasteiger partial charge in [0.15, 0.2) is 0 Å². The number of rotatable bonds is 2. The van der Waals surface area contributed by atoms with Gasteiger partial charge in [-0.05, 0) is 43.5 Å². The highest BCUT2D eigenvalue weighted by molar-refractivity contribution is 6.31. The van der Waals surface area contributed by atoms with Crippen LogP contribution in [0.1, 0.15) is 16.7 Å². The molecule has 0 radical (unpaired) electrons. The van der Waals surface area contributed by atoms with Gasteiger partial charge in [0.05, 0.1) is 11.4 Å². The monoisotopic (exact) mass is 323 g/mol. The number of benzene rings is 2. The molecular weight excluding hydrogens is 306 g/mol. The maximum absolute atomic E-state index is 6.30. The van der Waals surface area contributed by atoms with E-state index < -0.39 is 0 Å². The van der Waals surface area contributed by atoms with E-state index in [0.717, 1.165) is 40.8 Å². The van der Waals surface area contributed by atoms with E-state index in [4.69, 9.17) is 16.7 Å². The van der Waals surface area contributed by atoms with Crippen LogP contribution in [0.15, 0.2) is 42.5 Å². The minimum Gasteiger partial charge on any atom is -0.369 e. The molecule has 0 bridgehead atoms. The Bertz CT molecular complexity index is 896. The first-order valence-corrected chi connectivity index (χ1v) is 8.22. The van der Waals surface area contributed by atoms with Crippen molar-refractivity contribution >= 4 is 17.4 Å². The summed E-state index contributed by atoms with van der Waals surface area (Å²) in [6.07, 6.45) is 0.999. The number of nitrogens with zero attached hydrogens (tertiary/aromatic N) is 2. The number of aryl methyl sites for hydroxylation is 1. The normalized spacial score (nSPS) is 13.0. The van der Waals surface area contributed by atoms with Gasteiger partial charge in [-0.2, -0.15) is 5.10 Å². The van der Waals surface area contributed by atoms with Crippen molar-refractivity contribution in [2.75, 3.05) is 11.9 Å². The Morgan fingerprint density at radius 3 is 2.74 bits per heavy atom. The lowest BCUT2D eigenvalue weighted by molar-refractivity contribution is 0.875. The van der Waals surface area contributed by atoms with Gasteiger partial charge in [0.2, 0.25) is 0 Å². The predicted octanol–water partition coefficient (Wildman–Crippen LogP) is 4.78. The maximum atomic E-state index is 6.30. The van der Waals surface area contributed by atoms with E-state index in [2.05, 4.69) is 42.6 Å². The standard InChI is InChI=1S/C19H18ClN3/c1-12-6-3-4-7-14(12)18-15-10-11-21-19(15)23(22-18)17-9-5-8-16(20)13(17)2/h3-9,21H,10-11H2,1-2H3. The molecule has 0 unspecified atom stereocenters. The fourth-order valence-corrected chi connectivity index (χ4v) is 3.40. The third kappa shape index (κ3) is 2.23. The molecule has 1 aliphatic heterocycles. The third-order valence-electron chi connectivity index (χ3n) is 4.52. The van der Waals surface area contributed by atoms with Gasteiger partial charge in [0.25, 0.3) is 0 Å². The Morgan fingerprint density at radius 1 is 1.09 bits per heavy atom. The van der Waals surface area contributed by atoms with Gasteiger partial charge in [-0.25, -0.2) is 4.68 Å². The summed E-state index contributed by atoms with van der Waals surface area (Å²) in [7, 11) is 0. The van der Waals surface area contributed by atoms with Gasteiger partial charge in [-0.1, -0.05) is 41.9 Å². The lowest BCUT2D eigenvalue weighted by atomic mass is 10.0. The smallest absolute Gasteiger partial charge is 0.133 e. The summed E-state index contributed by atoms with van der Waals surface area (Å²) in [6, 6.07) is 14.4. The highest BCUT2D eigenvalue weighted by Crippen LogP contribution is 2.36. The number of aromatic nitrogens is 2. The zero-order valence-electron chi connectivity index (χ0n) is 13.2. The van der Waals surface area contributed by atoms with Gasteiger partial charge < -0.3 is 5.32 Å². The molecular formula is C19H18ClN3. The quantitative estimate of drug-likeness (QED) is 0.735. The van der Waals surface area contributed by atoms with Crippen molar-refractivity contribution in [2.45, 2.75) is 20.3 Å². The fourth-order valence-electron chi connectivity index (χ4n) is 3.23. The number of anilines is 1. The second-order valence-electron chi connectivity index (χ2n) is 5.96. The Kier molecular flexibility index (Phi) is 3.38. The third-order valence-corrected chi connectivity index (χ3v) is 4.93. The van der Waals surface area contributed by atoms with Crippen LogP contribution in [0.4, 0.5) is 5.82 Å². The lowest BCUT2D eigenvalue weighted by Gasteiger charge is -2.10. The molecule has 0 fully saturated rings. The molecule has 0 aliphatic carbocycles. The van der Waals surface area contributed by atoms with Crippen LogP contribution in [-0.4, -0.2) is 16.3 Å². The number of fused-ring (bicyclic) bond motifs is 1. The molecule has 23 heavy (non-hydrogen) atoms. The van der Waals surface area contributed by atoms with Gasteiger partial charge in [-0.15, -0.1) is 0 Å². The molecule has 0 atom stereocenters. The first kappa shape index (κ1) is 14.3. The number of hydrogen-bond donors (Lipinski definition) is 1. The molecule has 1 aliphatic rings. The van der Waals surface area contributed by atoms with Crippen LogP contribution in [0, 0.1) is 13.8 Å². The predicted molar refractivity (Wildman–Crippen MR) is 95.7 cm³/mol. The zero-order chi connectivity index (χ0) is 16.0. The van der Waals surface area contributed by atoms with Gasteiger partial charge in [0, 0.05) is 22.7 Å². The van der Waals surface area contributed by atoms with Crippen molar-refractivity contribution in [2.24, 2.45) is 0 Å². The second-order valence-corrected chi connectivity index (χ2v) is 6.37. The Hall–Kier alpha value is -2.26. The van der Waals surface area contributed by atoms with Gasteiger partial charge in [0.1, 0.15) is 5.82 Å².